The second-order valence-corrected chi connectivity index (χ2v) is 4.79. The van der Waals surface area contributed by atoms with E-state index in [4.69, 9.17) is 4.74 Å². The first-order chi connectivity index (χ1) is 7.31. The zero-order valence-electron chi connectivity index (χ0n) is 9.71. The van der Waals surface area contributed by atoms with E-state index in [1.165, 1.54) is 44.9 Å². The lowest BCUT2D eigenvalue weighted by Gasteiger charge is -2.08. The van der Waals surface area contributed by atoms with Crippen LogP contribution in [0.5, 0.6) is 0 Å². The summed E-state index contributed by atoms with van der Waals surface area (Å²) in [5.74, 6) is 0. The normalized spacial score (nSPS) is 12.4. The molecule has 0 saturated heterocycles. The molecule has 0 amide bonds. The lowest BCUT2D eigenvalue weighted by molar-refractivity contribution is -0.133. The Morgan fingerprint density at radius 1 is 1.07 bits per heavy atom. The Hall–Kier alpha value is -0.0500. The minimum atomic E-state index is 0.0934. The second-order valence-electron chi connectivity index (χ2n) is 4.00. The molecule has 3 heteroatoms. The number of halogens is 1. The highest BCUT2D eigenvalue weighted by Crippen LogP contribution is 2.11. The molecule has 90 valence electrons. The number of hydrogen-bond donors (Lipinski definition) is 0. The summed E-state index contributed by atoms with van der Waals surface area (Å²) in [4.78, 5) is 10.0. The molecular weight excluding hydrogens is 256 g/mol. The summed E-state index contributed by atoms with van der Waals surface area (Å²) in [6.07, 6.45) is 10.2. The van der Waals surface area contributed by atoms with Gasteiger partial charge in [-0.1, -0.05) is 48.0 Å². The molecule has 0 bridgehead atoms. The summed E-state index contributed by atoms with van der Waals surface area (Å²) in [5, 5.41) is 1.13. The molecular formula is C12H23BrO2. The van der Waals surface area contributed by atoms with Crippen molar-refractivity contribution >= 4 is 22.4 Å². The smallest absolute Gasteiger partial charge is 0.293 e. The molecule has 1 unspecified atom stereocenters. The summed E-state index contributed by atoms with van der Waals surface area (Å²) >= 11 is 3.43. The predicted octanol–water partition coefficient (Wildman–Crippen LogP) is 4.06. The average Bonchev–Trinajstić information content (AvgIpc) is 2.22. The van der Waals surface area contributed by atoms with Crippen LogP contribution in [0.4, 0.5) is 0 Å². The van der Waals surface area contributed by atoms with Gasteiger partial charge in [0.2, 0.25) is 0 Å². The Balaban J connectivity index is 3.01. The maximum absolute atomic E-state index is 10.0. The number of rotatable bonds is 11. The van der Waals surface area contributed by atoms with Crippen molar-refractivity contribution in [3.05, 3.63) is 0 Å². The van der Waals surface area contributed by atoms with E-state index in [1.807, 2.05) is 6.92 Å². The van der Waals surface area contributed by atoms with Gasteiger partial charge >= 0.3 is 0 Å². The Kier molecular flexibility index (Phi) is 12.0. The van der Waals surface area contributed by atoms with Gasteiger partial charge in [-0.2, -0.15) is 0 Å². The van der Waals surface area contributed by atoms with E-state index in [-0.39, 0.29) is 6.10 Å². The molecule has 0 N–H and O–H groups in total. The van der Waals surface area contributed by atoms with Gasteiger partial charge in [0.15, 0.2) is 0 Å². The fraction of sp³-hybridized carbons (Fsp3) is 0.917. The molecule has 0 aliphatic heterocycles. The Morgan fingerprint density at radius 3 is 2.13 bits per heavy atom. The fourth-order valence-electron chi connectivity index (χ4n) is 1.57. The molecule has 2 nitrogen and oxygen atoms in total. The quantitative estimate of drug-likeness (QED) is 0.324. The molecule has 0 radical (unpaired) electrons. The van der Waals surface area contributed by atoms with Crippen molar-refractivity contribution < 1.29 is 9.53 Å². The minimum Gasteiger partial charge on any atom is -0.465 e. The van der Waals surface area contributed by atoms with Gasteiger partial charge in [-0.05, 0) is 26.2 Å². The first-order valence-corrected chi connectivity index (χ1v) is 7.08. The van der Waals surface area contributed by atoms with Gasteiger partial charge in [-0.25, -0.2) is 0 Å². The molecule has 0 aliphatic rings. The number of carbonyl (C=O) groups is 1. The monoisotopic (exact) mass is 278 g/mol. The number of alkyl halides is 1. The highest BCUT2D eigenvalue weighted by atomic mass is 79.9. The van der Waals surface area contributed by atoms with Gasteiger partial charge in [0, 0.05) is 5.33 Å². The maximum atomic E-state index is 10.0. The SMILES string of the molecule is CC(CCCCCCCCCBr)OC=O. The van der Waals surface area contributed by atoms with Crippen molar-refractivity contribution in [3.8, 4) is 0 Å². The van der Waals surface area contributed by atoms with Crippen LogP contribution in [-0.2, 0) is 9.53 Å². The van der Waals surface area contributed by atoms with E-state index in [2.05, 4.69) is 15.9 Å². The minimum absolute atomic E-state index is 0.0934. The first-order valence-electron chi connectivity index (χ1n) is 5.96. The van der Waals surface area contributed by atoms with Gasteiger partial charge in [-0.3, -0.25) is 4.79 Å². The van der Waals surface area contributed by atoms with Crippen LogP contribution in [0, 0.1) is 0 Å². The summed E-state index contributed by atoms with van der Waals surface area (Å²) in [6.45, 7) is 2.50. The Labute approximate surface area is 102 Å². The van der Waals surface area contributed by atoms with E-state index in [0.29, 0.717) is 6.47 Å². The fourth-order valence-corrected chi connectivity index (χ4v) is 1.97. The standard InChI is InChI=1S/C12H23BrO2/c1-12(15-11-14)9-7-5-3-2-4-6-8-10-13/h11-12H,2-10H2,1H3. The van der Waals surface area contributed by atoms with E-state index in [0.717, 1.165) is 11.8 Å². The van der Waals surface area contributed by atoms with Gasteiger partial charge in [0.1, 0.15) is 0 Å². The topological polar surface area (TPSA) is 26.3 Å². The lowest BCUT2D eigenvalue weighted by atomic mass is 10.1. The number of hydrogen-bond acceptors (Lipinski definition) is 2. The van der Waals surface area contributed by atoms with Gasteiger partial charge in [0.25, 0.3) is 6.47 Å². The van der Waals surface area contributed by atoms with Gasteiger partial charge in [-0.15, -0.1) is 0 Å². The third-order valence-corrected chi connectivity index (χ3v) is 3.09. The second kappa shape index (κ2) is 12.0. The molecule has 1 atom stereocenters. The first kappa shape index (κ1) is 14.9. The zero-order valence-corrected chi connectivity index (χ0v) is 11.3. The zero-order chi connectivity index (χ0) is 11.4. The van der Waals surface area contributed by atoms with Crippen LogP contribution in [0.25, 0.3) is 0 Å². The summed E-state index contributed by atoms with van der Waals surface area (Å²) in [7, 11) is 0. The predicted molar refractivity (Wildman–Crippen MR) is 67.3 cm³/mol. The number of unbranched alkanes of at least 4 members (excludes halogenated alkanes) is 6. The van der Waals surface area contributed by atoms with E-state index >= 15 is 0 Å². The summed E-state index contributed by atoms with van der Waals surface area (Å²) < 4.78 is 4.82. The molecule has 15 heavy (non-hydrogen) atoms. The Morgan fingerprint density at radius 2 is 1.60 bits per heavy atom. The van der Waals surface area contributed by atoms with Crippen molar-refractivity contribution in [2.75, 3.05) is 5.33 Å². The molecule has 0 aliphatic carbocycles. The van der Waals surface area contributed by atoms with Gasteiger partial charge < -0.3 is 4.74 Å². The van der Waals surface area contributed by atoms with E-state index < -0.39 is 0 Å². The molecule has 0 aromatic heterocycles. The summed E-state index contributed by atoms with van der Waals surface area (Å²) in [5.41, 5.74) is 0. The molecule has 0 aromatic carbocycles. The van der Waals surface area contributed by atoms with Crippen molar-refractivity contribution in [1.82, 2.24) is 0 Å². The van der Waals surface area contributed by atoms with Crippen molar-refractivity contribution in [1.29, 1.82) is 0 Å². The lowest BCUT2D eigenvalue weighted by Crippen LogP contribution is -2.05. The van der Waals surface area contributed by atoms with E-state index in [1.54, 1.807) is 0 Å². The Bertz CT molecular complexity index is 140. The highest BCUT2D eigenvalue weighted by Gasteiger charge is 2.00. The average molecular weight is 279 g/mol. The van der Waals surface area contributed by atoms with Crippen LogP contribution in [-0.4, -0.2) is 17.9 Å². The van der Waals surface area contributed by atoms with Crippen molar-refractivity contribution in [2.45, 2.75) is 64.4 Å². The third-order valence-electron chi connectivity index (χ3n) is 2.53. The largest absolute Gasteiger partial charge is 0.465 e. The van der Waals surface area contributed by atoms with Crippen LogP contribution in [0.2, 0.25) is 0 Å². The highest BCUT2D eigenvalue weighted by molar-refractivity contribution is 9.09. The van der Waals surface area contributed by atoms with Crippen molar-refractivity contribution in [3.63, 3.8) is 0 Å². The molecule has 0 rings (SSSR count). The van der Waals surface area contributed by atoms with Crippen LogP contribution in [0.15, 0.2) is 0 Å². The summed E-state index contributed by atoms with van der Waals surface area (Å²) in [6, 6.07) is 0. The number of carbonyl (C=O) groups excluding carboxylic acids is 1. The molecule has 0 aromatic rings. The molecule has 0 saturated carbocycles. The number of ether oxygens (including phenoxy) is 1. The molecule has 0 fully saturated rings. The van der Waals surface area contributed by atoms with Crippen LogP contribution >= 0.6 is 15.9 Å². The van der Waals surface area contributed by atoms with E-state index in [9.17, 15) is 4.79 Å². The third kappa shape index (κ3) is 11.9. The van der Waals surface area contributed by atoms with Crippen LogP contribution in [0.1, 0.15) is 58.3 Å². The van der Waals surface area contributed by atoms with Crippen LogP contribution in [0.3, 0.4) is 0 Å². The molecule has 0 spiro atoms. The van der Waals surface area contributed by atoms with Gasteiger partial charge in [0.05, 0.1) is 6.10 Å². The maximum Gasteiger partial charge on any atom is 0.293 e. The van der Waals surface area contributed by atoms with Crippen LogP contribution < -0.4 is 0 Å². The molecule has 0 heterocycles. The van der Waals surface area contributed by atoms with Crippen molar-refractivity contribution in [2.24, 2.45) is 0 Å².